The van der Waals surface area contributed by atoms with Crippen molar-refractivity contribution in [2.45, 2.75) is 26.1 Å². The van der Waals surface area contributed by atoms with E-state index in [1.165, 1.54) is 0 Å². The van der Waals surface area contributed by atoms with Crippen molar-refractivity contribution in [3.05, 3.63) is 52.8 Å². The fourth-order valence-corrected chi connectivity index (χ4v) is 3.82. The van der Waals surface area contributed by atoms with Crippen LogP contribution in [0.4, 0.5) is 0 Å². The molecule has 0 saturated carbocycles. The van der Waals surface area contributed by atoms with E-state index in [0.29, 0.717) is 6.54 Å². The first-order chi connectivity index (χ1) is 11.5. The summed E-state index contributed by atoms with van der Waals surface area (Å²) in [6, 6.07) is 9.77. The molecule has 0 saturated heterocycles. The second-order valence-electron chi connectivity index (χ2n) is 5.97. The van der Waals surface area contributed by atoms with Crippen molar-refractivity contribution in [3.8, 4) is 0 Å². The van der Waals surface area contributed by atoms with Crippen LogP contribution in [0.5, 0.6) is 0 Å². The van der Waals surface area contributed by atoms with Crippen molar-refractivity contribution < 1.29 is 8.42 Å². The number of hydrogen-bond donors (Lipinski definition) is 1. The fourth-order valence-electron chi connectivity index (χ4n) is 2.95. The second-order valence-corrected chi connectivity index (χ2v) is 8.50. The molecule has 1 aliphatic rings. The second kappa shape index (κ2) is 7.23. The molecule has 2 aromatic rings. The van der Waals surface area contributed by atoms with Gasteiger partial charge in [0.05, 0.1) is 17.5 Å². The van der Waals surface area contributed by atoms with Crippen molar-refractivity contribution in [2.75, 3.05) is 18.8 Å². The summed E-state index contributed by atoms with van der Waals surface area (Å²) in [6.07, 6.45) is 1.76. The monoisotopic (exact) mass is 368 g/mol. The Bertz CT molecular complexity index is 806. The average Bonchev–Trinajstić information content (AvgIpc) is 3.01. The quantitative estimate of drug-likeness (QED) is 0.847. The number of benzene rings is 1. The number of halogens is 1. The Morgan fingerprint density at radius 2 is 2.21 bits per heavy atom. The van der Waals surface area contributed by atoms with E-state index in [0.717, 1.165) is 35.9 Å². The van der Waals surface area contributed by atoms with E-state index in [4.69, 9.17) is 11.6 Å². The third kappa shape index (κ3) is 4.16. The van der Waals surface area contributed by atoms with Gasteiger partial charge in [-0.15, -0.1) is 0 Å². The van der Waals surface area contributed by atoms with Crippen LogP contribution in [0.1, 0.15) is 24.2 Å². The summed E-state index contributed by atoms with van der Waals surface area (Å²) in [7, 11) is -3.21. The van der Waals surface area contributed by atoms with Crippen LogP contribution in [0, 0.1) is 0 Å². The van der Waals surface area contributed by atoms with Crippen molar-refractivity contribution in [3.63, 3.8) is 0 Å². The highest BCUT2D eigenvalue weighted by molar-refractivity contribution is 7.89. The molecule has 24 heavy (non-hydrogen) atoms. The lowest BCUT2D eigenvalue weighted by Crippen LogP contribution is -2.42. The highest BCUT2D eigenvalue weighted by Gasteiger charge is 2.26. The number of sulfonamides is 1. The van der Waals surface area contributed by atoms with Crippen molar-refractivity contribution in [1.29, 1.82) is 0 Å². The van der Waals surface area contributed by atoms with Crippen LogP contribution < -0.4 is 4.72 Å². The van der Waals surface area contributed by atoms with E-state index in [1.54, 1.807) is 13.1 Å². The lowest BCUT2D eigenvalue weighted by molar-refractivity contribution is 0.168. The summed E-state index contributed by atoms with van der Waals surface area (Å²) in [5, 5.41) is 5.08. The van der Waals surface area contributed by atoms with E-state index in [9.17, 15) is 8.42 Å². The molecule has 0 bridgehead atoms. The van der Waals surface area contributed by atoms with Gasteiger partial charge in [0.1, 0.15) is 0 Å². The molecule has 0 fully saturated rings. The topological polar surface area (TPSA) is 67.2 Å². The normalized spacial score (nSPS) is 18.5. The number of nitrogens with one attached hydrogen (secondary N) is 1. The molecule has 6 nitrogen and oxygen atoms in total. The minimum absolute atomic E-state index is 0.0238. The molecule has 1 aromatic carbocycles. The standard InChI is InChI=1S/C16H21ClN4O2S/c1-2-24(22,23)19-9-16-12-20(11-15-6-7-18-21(15)16)10-13-4-3-5-14(17)8-13/h3-8,16,19H,2,9-12H2,1H3/t16-/m0/s1. The summed E-state index contributed by atoms with van der Waals surface area (Å²) < 4.78 is 28.1. The minimum Gasteiger partial charge on any atom is -0.291 e. The number of rotatable bonds is 6. The minimum atomic E-state index is -3.21. The number of aromatic nitrogens is 2. The lowest BCUT2D eigenvalue weighted by Gasteiger charge is -2.34. The largest absolute Gasteiger partial charge is 0.291 e. The molecule has 1 aliphatic heterocycles. The van der Waals surface area contributed by atoms with Gasteiger partial charge in [-0.25, -0.2) is 13.1 Å². The highest BCUT2D eigenvalue weighted by atomic mass is 35.5. The van der Waals surface area contributed by atoms with Gasteiger partial charge in [0.2, 0.25) is 10.0 Å². The maximum absolute atomic E-state index is 11.7. The first-order valence-corrected chi connectivity index (χ1v) is 9.96. The zero-order valence-electron chi connectivity index (χ0n) is 13.5. The Hall–Kier alpha value is -1.41. The fraction of sp³-hybridized carbons (Fsp3) is 0.438. The Balaban J connectivity index is 1.73. The van der Waals surface area contributed by atoms with Crippen LogP contribution in [0.15, 0.2) is 36.5 Å². The zero-order valence-corrected chi connectivity index (χ0v) is 15.1. The molecule has 0 unspecified atom stereocenters. The Morgan fingerprint density at radius 3 is 2.96 bits per heavy atom. The maximum atomic E-state index is 11.7. The molecule has 3 rings (SSSR count). The lowest BCUT2D eigenvalue weighted by atomic mass is 10.1. The van der Waals surface area contributed by atoms with Crippen LogP contribution in [-0.4, -0.2) is 41.9 Å². The molecular weight excluding hydrogens is 348 g/mol. The maximum Gasteiger partial charge on any atom is 0.211 e. The number of hydrogen-bond acceptors (Lipinski definition) is 4. The van der Waals surface area contributed by atoms with Gasteiger partial charge in [-0.3, -0.25) is 9.58 Å². The predicted octanol–water partition coefficient (Wildman–Crippen LogP) is 2.03. The molecule has 130 valence electrons. The summed E-state index contributed by atoms with van der Waals surface area (Å²) >= 11 is 6.06. The Labute approximate surface area is 147 Å². The Morgan fingerprint density at radius 1 is 1.38 bits per heavy atom. The van der Waals surface area contributed by atoms with E-state index < -0.39 is 10.0 Å². The number of fused-ring (bicyclic) bond motifs is 1. The van der Waals surface area contributed by atoms with Crippen molar-refractivity contribution in [2.24, 2.45) is 0 Å². The van der Waals surface area contributed by atoms with Crippen molar-refractivity contribution in [1.82, 2.24) is 19.4 Å². The third-order valence-electron chi connectivity index (χ3n) is 4.17. The Kier molecular flexibility index (Phi) is 5.24. The van der Waals surface area contributed by atoms with Gasteiger partial charge in [-0.05, 0) is 30.7 Å². The summed E-state index contributed by atoms with van der Waals surface area (Å²) in [5.74, 6) is 0.0813. The molecule has 0 spiro atoms. The molecular formula is C16H21ClN4O2S. The predicted molar refractivity (Wildman–Crippen MR) is 94.3 cm³/mol. The van der Waals surface area contributed by atoms with Gasteiger partial charge in [0.25, 0.3) is 0 Å². The van der Waals surface area contributed by atoms with Gasteiger partial charge < -0.3 is 0 Å². The first-order valence-electron chi connectivity index (χ1n) is 7.93. The highest BCUT2D eigenvalue weighted by Crippen LogP contribution is 2.22. The van der Waals surface area contributed by atoms with Crippen LogP contribution in [0.3, 0.4) is 0 Å². The van der Waals surface area contributed by atoms with E-state index >= 15 is 0 Å². The van der Waals surface area contributed by atoms with Crippen LogP contribution >= 0.6 is 11.6 Å². The molecule has 0 amide bonds. The summed E-state index contributed by atoms with van der Waals surface area (Å²) in [4.78, 5) is 2.29. The summed E-state index contributed by atoms with van der Waals surface area (Å²) in [5.41, 5.74) is 2.23. The van der Waals surface area contributed by atoms with Gasteiger partial charge in [0, 0.05) is 37.4 Å². The molecule has 8 heteroatoms. The summed E-state index contributed by atoms with van der Waals surface area (Å²) in [6.45, 7) is 4.25. The third-order valence-corrected chi connectivity index (χ3v) is 5.77. The molecule has 2 heterocycles. The zero-order chi connectivity index (χ0) is 17.2. The van der Waals surface area contributed by atoms with E-state index in [2.05, 4.69) is 14.7 Å². The smallest absolute Gasteiger partial charge is 0.211 e. The molecule has 1 aromatic heterocycles. The van der Waals surface area contributed by atoms with Gasteiger partial charge >= 0.3 is 0 Å². The van der Waals surface area contributed by atoms with Crippen LogP contribution in [-0.2, 0) is 23.1 Å². The first kappa shape index (κ1) is 17.4. The van der Waals surface area contributed by atoms with Crippen LogP contribution in [0.25, 0.3) is 0 Å². The SMILES string of the molecule is CCS(=O)(=O)NC[C@H]1CN(Cc2cccc(Cl)c2)Cc2ccnn21. The van der Waals surface area contributed by atoms with Gasteiger partial charge in [-0.1, -0.05) is 23.7 Å². The number of nitrogens with zero attached hydrogens (tertiary/aromatic N) is 3. The van der Waals surface area contributed by atoms with Gasteiger partial charge in [0.15, 0.2) is 0 Å². The van der Waals surface area contributed by atoms with Crippen LogP contribution in [0.2, 0.25) is 5.02 Å². The molecule has 1 atom stereocenters. The molecule has 1 N–H and O–H groups in total. The van der Waals surface area contributed by atoms with E-state index in [-0.39, 0.29) is 11.8 Å². The van der Waals surface area contributed by atoms with Gasteiger partial charge in [-0.2, -0.15) is 5.10 Å². The van der Waals surface area contributed by atoms with Crippen molar-refractivity contribution >= 4 is 21.6 Å². The molecule has 0 aliphatic carbocycles. The average molecular weight is 369 g/mol. The van der Waals surface area contributed by atoms with E-state index in [1.807, 2.05) is 35.0 Å². The molecule has 0 radical (unpaired) electrons.